The molecular weight excluding hydrogens is 340 g/mol. The normalized spacial score (nSPS) is 23.7. The molecule has 5 nitrogen and oxygen atoms in total. The summed E-state index contributed by atoms with van der Waals surface area (Å²) in [5, 5.41) is 3.17. The fourth-order valence-corrected chi connectivity index (χ4v) is 4.00. The average Bonchev–Trinajstić information content (AvgIpc) is 3.01. The van der Waals surface area contributed by atoms with E-state index in [0.717, 1.165) is 25.4 Å². The molecule has 1 unspecified atom stereocenters. The Morgan fingerprint density at radius 2 is 1.59 bits per heavy atom. The molecule has 1 N–H and O–H groups in total. The number of benzene rings is 2. The maximum Gasteiger partial charge on any atom is 0.251 e. The van der Waals surface area contributed by atoms with Crippen LogP contribution < -0.4 is 10.1 Å². The lowest BCUT2D eigenvalue weighted by Gasteiger charge is -2.30. The van der Waals surface area contributed by atoms with Crippen LogP contribution >= 0.6 is 0 Å². The number of Topliss-reactive ketones (excluding diaryl/α,β-unsaturated/α-hetero) is 1. The molecule has 2 saturated heterocycles. The number of piperidine rings is 1. The monoisotopic (exact) mass is 364 g/mol. The summed E-state index contributed by atoms with van der Waals surface area (Å²) in [5.41, 5.74) is 1.30. The van der Waals surface area contributed by atoms with Crippen LogP contribution in [0.1, 0.15) is 40.5 Å². The fourth-order valence-electron chi connectivity index (χ4n) is 4.00. The zero-order chi connectivity index (χ0) is 18.8. The average molecular weight is 364 g/mol. The Hall–Kier alpha value is -2.66. The van der Waals surface area contributed by atoms with Crippen molar-refractivity contribution in [1.82, 2.24) is 10.2 Å². The SMILES string of the molecule is CC(=O)c1ccc(Oc2ccc(C(=O)N[C@@H]3C[C@@H]4CCN(C4)C3)cc2)cc1. The van der Waals surface area contributed by atoms with Gasteiger partial charge in [0, 0.05) is 30.3 Å². The maximum atomic E-state index is 12.5. The van der Waals surface area contributed by atoms with E-state index < -0.39 is 0 Å². The molecule has 2 heterocycles. The number of ketones is 1. The van der Waals surface area contributed by atoms with E-state index in [9.17, 15) is 9.59 Å². The largest absolute Gasteiger partial charge is 0.457 e. The van der Waals surface area contributed by atoms with E-state index in [1.165, 1.54) is 19.9 Å². The van der Waals surface area contributed by atoms with Crippen molar-refractivity contribution in [3.05, 3.63) is 59.7 Å². The van der Waals surface area contributed by atoms with Crippen LogP contribution in [0.3, 0.4) is 0 Å². The van der Waals surface area contributed by atoms with E-state index in [2.05, 4.69) is 10.2 Å². The summed E-state index contributed by atoms with van der Waals surface area (Å²) in [6, 6.07) is 14.4. The van der Waals surface area contributed by atoms with E-state index in [1.54, 1.807) is 48.5 Å². The summed E-state index contributed by atoms with van der Waals surface area (Å²) < 4.78 is 5.78. The Morgan fingerprint density at radius 3 is 2.19 bits per heavy atom. The highest BCUT2D eigenvalue weighted by Gasteiger charge is 2.32. The first-order valence-corrected chi connectivity index (χ1v) is 9.49. The molecule has 2 bridgehead atoms. The molecule has 1 amide bonds. The molecule has 0 saturated carbocycles. The van der Waals surface area contributed by atoms with Crippen molar-refractivity contribution in [3.8, 4) is 11.5 Å². The summed E-state index contributed by atoms with van der Waals surface area (Å²) in [7, 11) is 0. The Morgan fingerprint density at radius 1 is 0.963 bits per heavy atom. The minimum absolute atomic E-state index is 0.0275. The molecule has 2 aliphatic rings. The Labute approximate surface area is 159 Å². The summed E-state index contributed by atoms with van der Waals surface area (Å²) in [5.74, 6) is 2.04. The van der Waals surface area contributed by atoms with E-state index in [4.69, 9.17) is 4.74 Å². The van der Waals surface area contributed by atoms with E-state index in [1.807, 2.05) is 0 Å². The molecule has 2 fully saturated rings. The van der Waals surface area contributed by atoms with Crippen LogP contribution in [0.2, 0.25) is 0 Å². The lowest BCUT2D eigenvalue weighted by atomic mass is 9.96. The predicted molar refractivity (Wildman–Crippen MR) is 103 cm³/mol. The number of rotatable bonds is 5. The molecule has 27 heavy (non-hydrogen) atoms. The minimum Gasteiger partial charge on any atom is -0.457 e. The second-order valence-corrected chi connectivity index (χ2v) is 7.53. The fraction of sp³-hybridized carbons (Fsp3) is 0.364. The van der Waals surface area contributed by atoms with Gasteiger partial charge in [0.1, 0.15) is 11.5 Å². The van der Waals surface area contributed by atoms with Crippen LogP contribution in [-0.4, -0.2) is 42.3 Å². The predicted octanol–water partition coefficient (Wildman–Crippen LogP) is 3.51. The third-order valence-electron chi connectivity index (χ3n) is 5.41. The summed E-state index contributed by atoms with van der Waals surface area (Å²) >= 11 is 0. The highest BCUT2D eigenvalue weighted by atomic mass is 16.5. The van der Waals surface area contributed by atoms with E-state index >= 15 is 0 Å². The number of fused-ring (bicyclic) bond motifs is 2. The van der Waals surface area contributed by atoms with Gasteiger partial charge in [0.25, 0.3) is 5.91 Å². The van der Waals surface area contributed by atoms with Crippen molar-refractivity contribution in [1.29, 1.82) is 0 Å². The second-order valence-electron chi connectivity index (χ2n) is 7.53. The van der Waals surface area contributed by atoms with Crippen molar-refractivity contribution in [2.75, 3.05) is 19.6 Å². The van der Waals surface area contributed by atoms with Crippen LogP contribution in [0, 0.1) is 5.92 Å². The smallest absolute Gasteiger partial charge is 0.251 e. The number of carbonyl (C=O) groups excluding carboxylic acids is 2. The quantitative estimate of drug-likeness (QED) is 0.825. The number of ether oxygens (including phenoxy) is 1. The van der Waals surface area contributed by atoms with Crippen molar-refractivity contribution in [2.45, 2.75) is 25.8 Å². The van der Waals surface area contributed by atoms with Gasteiger partial charge in [-0.15, -0.1) is 0 Å². The van der Waals surface area contributed by atoms with Gasteiger partial charge in [0.15, 0.2) is 5.78 Å². The standard InChI is InChI=1S/C22H24N2O3/c1-15(25)17-2-6-20(7-3-17)27-21-8-4-18(5-9-21)22(26)23-19-12-16-10-11-24(13-16)14-19/h2-9,16,19H,10-14H2,1H3,(H,23,26)/t16-,19+/m0/s1. The molecular formula is C22H24N2O3. The van der Waals surface area contributed by atoms with Crippen LogP contribution in [0.25, 0.3) is 0 Å². The molecule has 0 aromatic heterocycles. The third kappa shape index (κ3) is 4.19. The highest BCUT2D eigenvalue weighted by molar-refractivity contribution is 5.94. The lowest BCUT2D eigenvalue weighted by molar-refractivity contribution is 0.0908. The number of amides is 1. The molecule has 2 aliphatic heterocycles. The molecule has 3 atom stereocenters. The van der Waals surface area contributed by atoms with Crippen LogP contribution in [0.5, 0.6) is 11.5 Å². The highest BCUT2D eigenvalue weighted by Crippen LogP contribution is 2.27. The van der Waals surface area contributed by atoms with Gasteiger partial charge in [-0.3, -0.25) is 9.59 Å². The molecule has 0 spiro atoms. The first kappa shape index (κ1) is 17.7. The van der Waals surface area contributed by atoms with E-state index in [0.29, 0.717) is 22.6 Å². The van der Waals surface area contributed by atoms with Crippen molar-refractivity contribution < 1.29 is 14.3 Å². The van der Waals surface area contributed by atoms with Gasteiger partial charge >= 0.3 is 0 Å². The number of nitrogens with zero attached hydrogens (tertiary/aromatic N) is 1. The zero-order valence-electron chi connectivity index (χ0n) is 15.5. The number of nitrogens with one attached hydrogen (secondary N) is 1. The summed E-state index contributed by atoms with van der Waals surface area (Å²) in [6.07, 6.45) is 2.34. The molecule has 5 heteroatoms. The van der Waals surface area contributed by atoms with Gasteiger partial charge in [-0.2, -0.15) is 0 Å². The Kier molecular flexibility index (Phi) is 4.94. The first-order chi connectivity index (χ1) is 13.1. The van der Waals surface area contributed by atoms with Crippen LogP contribution in [-0.2, 0) is 0 Å². The van der Waals surface area contributed by atoms with Gasteiger partial charge in [-0.05, 0) is 80.8 Å². The van der Waals surface area contributed by atoms with Gasteiger partial charge in [0.2, 0.25) is 0 Å². The van der Waals surface area contributed by atoms with Crippen molar-refractivity contribution in [2.24, 2.45) is 5.92 Å². The summed E-state index contributed by atoms with van der Waals surface area (Å²) in [4.78, 5) is 26.3. The first-order valence-electron chi connectivity index (χ1n) is 9.49. The molecule has 2 aromatic rings. The Bertz CT molecular complexity index is 818. The third-order valence-corrected chi connectivity index (χ3v) is 5.41. The Balaban J connectivity index is 1.35. The number of hydrogen-bond donors (Lipinski definition) is 1. The van der Waals surface area contributed by atoms with Crippen molar-refractivity contribution in [3.63, 3.8) is 0 Å². The van der Waals surface area contributed by atoms with Crippen LogP contribution in [0.4, 0.5) is 0 Å². The van der Waals surface area contributed by atoms with Gasteiger partial charge in [0.05, 0.1) is 0 Å². The van der Waals surface area contributed by atoms with Crippen LogP contribution in [0.15, 0.2) is 48.5 Å². The maximum absolute atomic E-state index is 12.5. The minimum atomic E-state index is -0.0279. The van der Waals surface area contributed by atoms with Gasteiger partial charge in [-0.1, -0.05) is 0 Å². The second kappa shape index (κ2) is 7.53. The zero-order valence-corrected chi connectivity index (χ0v) is 15.5. The number of carbonyl (C=O) groups is 2. The van der Waals surface area contributed by atoms with Gasteiger partial charge in [-0.25, -0.2) is 0 Å². The topological polar surface area (TPSA) is 58.6 Å². The van der Waals surface area contributed by atoms with Crippen molar-refractivity contribution >= 4 is 11.7 Å². The molecule has 4 rings (SSSR count). The van der Waals surface area contributed by atoms with Gasteiger partial charge < -0.3 is 15.0 Å². The number of hydrogen-bond acceptors (Lipinski definition) is 4. The lowest BCUT2D eigenvalue weighted by Crippen LogP contribution is -2.46. The molecule has 0 radical (unpaired) electrons. The van der Waals surface area contributed by atoms with E-state index in [-0.39, 0.29) is 17.7 Å². The molecule has 140 valence electrons. The summed E-state index contributed by atoms with van der Waals surface area (Å²) in [6.45, 7) is 4.84. The molecule has 0 aliphatic carbocycles. The molecule has 2 aromatic carbocycles.